The molecule has 1 atom stereocenters. The Morgan fingerprint density at radius 1 is 1.10 bits per heavy atom. The Bertz CT molecular complexity index is 506. The van der Waals surface area contributed by atoms with Gasteiger partial charge in [0.15, 0.2) is 0 Å². The summed E-state index contributed by atoms with van der Waals surface area (Å²) in [6, 6.07) is 9.59. The summed E-state index contributed by atoms with van der Waals surface area (Å²) in [5.41, 5.74) is 0.884. The molecule has 0 saturated heterocycles. The van der Waals surface area contributed by atoms with Gasteiger partial charge in [0, 0.05) is 5.56 Å². The normalized spacial score (nSPS) is 12.8. The fraction of sp³-hybridized carbons (Fsp3) is 0.500. The molecule has 1 aromatic carbocycles. The van der Waals surface area contributed by atoms with Crippen molar-refractivity contribution in [1.29, 1.82) is 0 Å². The SMILES string of the molecule is CCOP(=O)(OCC)OC(C#Cc1ccccc1)C(C)C. The van der Waals surface area contributed by atoms with Crippen molar-refractivity contribution >= 4 is 7.82 Å². The van der Waals surface area contributed by atoms with Crippen molar-refractivity contribution < 1.29 is 18.1 Å². The first-order valence-corrected chi connectivity index (χ1v) is 8.61. The largest absolute Gasteiger partial charge is 0.475 e. The lowest BCUT2D eigenvalue weighted by molar-refractivity contribution is 0.0876. The quantitative estimate of drug-likeness (QED) is 0.557. The first kappa shape index (κ1) is 17.9. The van der Waals surface area contributed by atoms with Crippen LogP contribution in [0.25, 0.3) is 0 Å². The molecule has 1 aromatic rings. The molecule has 1 rings (SSSR count). The van der Waals surface area contributed by atoms with Crippen LogP contribution in [0.1, 0.15) is 33.3 Å². The summed E-state index contributed by atoms with van der Waals surface area (Å²) in [5, 5.41) is 0. The van der Waals surface area contributed by atoms with Crippen LogP contribution in [0.15, 0.2) is 30.3 Å². The van der Waals surface area contributed by atoms with E-state index in [1.807, 2.05) is 44.2 Å². The molecule has 0 aromatic heterocycles. The lowest BCUT2D eigenvalue weighted by Crippen LogP contribution is -2.18. The second-order valence-corrected chi connectivity index (χ2v) is 6.31. The molecule has 0 fully saturated rings. The van der Waals surface area contributed by atoms with Crippen LogP contribution in [0.3, 0.4) is 0 Å². The van der Waals surface area contributed by atoms with Gasteiger partial charge in [-0.25, -0.2) is 4.57 Å². The number of hydrogen-bond acceptors (Lipinski definition) is 4. The monoisotopic (exact) mass is 310 g/mol. The van der Waals surface area contributed by atoms with Gasteiger partial charge in [-0.05, 0) is 31.9 Å². The minimum atomic E-state index is -3.55. The van der Waals surface area contributed by atoms with E-state index in [-0.39, 0.29) is 19.1 Å². The molecule has 5 heteroatoms. The van der Waals surface area contributed by atoms with Gasteiger partial charge in [-0.3, -0.25) is 13.6 Å². The van der Waals surface area contributed by atoms with Crippen LogP contribution in [-0.2, 0) is 18.1 Å². The van der Waals surface area contributed by atoms with Gasteiger partial charge >= 0.3 is 7.82 Å². The maximum Gasteiger partial charge on any atom is 0.475 e. The third kappa shape index (κ3) is 6.46. The van der Waals surface area contributed by atoms with E-state index in [1.165, 1.54) is 0 Å². The summed E-state index contributed by atoms with van der Waals surface area (Å²) in [5.74, 6) is 6.09. The van der Waals surface area contributed by atoms with Crippen LogP contribution in [0.2, 0.25) is 0 Å². The fourth-order valence-electron chi connectivity index (χ4n) is 1.54. The Morgan fingerprint density at radius 3 is 2.14 bits per heavy atom. The highest BCUT2D eigenvalue weighted by atomic mass is 31.2. The summed E-state index contributed by atoms with van der Waals surface area (Å²) >= 11 is 0. The molecule has 0 aliphatic carbocycles. The average molecular weight is 310 g/mol. The zero-order valence-electron chi connectivity index (χ0n) is 13.0. The Labute approximate surface area is 127 Å². The molecular weight excluding hydrogens is 287 g/mol. The molecule has 0 radical (unpaired) electrons. The van der Waals surface area contributed by atoms with Crippen molar-refractivity contribution in [2.24, 2.45) is 5.92 Å². The molecule has 116 valence electrons. The van der Waals surface area contributed by atoms with Crippen molar-refractivity contribution in [2.45, 2.75) is 33.8 Å². The van der Waals surface area contributed by atoms with Crippen molar-refractivity contribution in [1.82, 2.24) is 0 Å². The van der Waals surface area contributed by atoms with Crippen LogP contribution < -0.4 is 0 Å². The van der Waals surface area contributed by atoms with E-state index in [9.17, 15) is 4.57 Å². The number of phosphoric ester groups is 1. The van der Waals surface area contributed by atoms with Crippen molar-refractivity contribution in [3.05, 3.63) is 35.9 Å². The van der Waals surface area contributed by atoms with Gasteiger partial charge in [0.05, 0.1) is 13.2 Å². The van der Waals surface area contributed by atoms with E-state index < -0.39 is 13.9 Å². The van der Waals surface area contributed by atoms with E-state index in [0.29, 0.717) is 0 Å². The van der Waals surface area contributed by atoms with Crippen LogP contribution in [0, 0.1) is 17.8 Å². The molecule has 0 N–H and O–H groups in total. The highest BCUT2D eigenvalue weighted by Crippen LogP contribution is 2.51. The molecule has 0 aliphatic rings. The van der Waals surface area contributed by atoms with Gasteiger partial charge in [-0.2, -0.15) is 0 Å². The second-order valence-electron chi connectivity index (χ2n) is 4.69. The molecule has 1 unspecified atom stereocenters. The smallest absolute Gasteiger partial charge is 0.287 e. The zero-order valence-corrected chi connectivity index (χ0v) is 13.9. The van der Waals surface area contributed by atoms with Gasteiger partial charge < -0.3 is 0 Å². The van der Waals surface area contributed by atoms with E-state index in [2.05, 4.69) is 11.8 Å². The Balaban J connectivity index is 2.87. The summed E-state index contributed by atoms with van der Waals surface area (Å²) < 4.78 is 28.2. The molecule has 0 amide bonds. The predicted molar refractivity (Wildman–Crippen MR) is 83.9 cm³/mol. The maximum atomic E-state index is 12.4. The molecule has 4 nitrogen and oxygen atoms in total. The third-order valence-corrected chi connectivity index (χ3v) is 4.19. The maximum absolute atomic E-state index is 12.4. The van der Waals surface area contributed by atoms with Crippen LogP contribution in [-0.4, -0.2) is 19.3 Å². The standard InChI is InChI=1S/C16H23O4P/c1-5-18-21(17,19-6-2)20-16(14(3)4)13-12-15-10-8-7-9-11-15/h7-11,14,16H,5-6H2,1-4H3. The van der Waals surface area contributed by atoms with Gasteiger partial charge in [0.25, 0.3) is 0 Å². The van der Waals surface area contributed by atoms with Crippen LogP contribution in [0.4, 0.5) is 0 Å². The Kier molecular flexibility index (Phi) is 7.71. The molecule has 0 heterocycles. The molecule has 0 saturated carbocycles. The molecule has 21 heavy (non-hydrogen) atoms. The van der Waals surface area contributed by atoms with Crippen molar-refractivity contribution in [3.8, 4) is 11.8 Å². The Hall–Kier alpha value is -1.11. The summed E-state index contributed by atoms with van der Waals surface area (Å²) in [7, 11) is -3.55. The van der Waals surface area contributed by atoms with Gasteiger partial charge in [0.2, 0.25) is 0 Å². The number of benzene rings is 1. The van der Waals surface area contributed by atoms with E-state index in [1.54, 1.807) is 13.8 Å². The Morgan fingerprint density at radius 2 is 1.67 bits per heavy atom. The topological polar surface area (TPSA) is 44.8 Å². The average Bonchev–Trinajstić information content (AvgIpc) is 2.45. The first-order valence-electron chi connectivity index (χ1n) is 7.14. The summed E-state index contributed by atoms with van der Waals surface area (Å²) in [4.78, 5) is 0. The molecule has 0 bridgehead atoms. The van der Waals surface area contributed by atoms with Crippen molar-refractivity contribution in [2.75, 3.05) is 13.2 Å². The minimum Gasteiger partial charge on any atom is -0.287 e. The van der Waals surface area contributed by atoms with Crippen molar-refractivity contribution in [3.63, 3.8) is 0 Å². The van der Waals surface area contributed by atoms with Crippen LogP contribution in [0.5, 0.6) is 0 Å². The lowest BCUT2D eigenvalue weighted by Gasteiger charge is -2.22. The minimum absolute atomic E-state index is 0.0652. The molecule has 0 spiro atoms. The van der Waals surface area contributed by atoms with Crippen LogP contribution >= 0.6 is 7.82 Å². The number of rotatable bonds is 7. The fourth-order valence-corrected chi connectivity index (χ4v) is 2.95. The summed E-state index contributed by atoms with van der Waals surface area (Å²) in [6.07, 6.45) is -0.519. The predicted octanol–water partition coefficient (Wildman–Crippen LogP) is 4.26. The zero-order chi connectivity index (χ0) is 15.7. The van der Waals surface area contributed by atoms with Gasteiger partial charge in [-0.15, -0.1) is 0 Å². The number of phosphoric acid groups is 1. The molecule has 0 aliphatic heterocycles. The third-order valence-electron chi connectivity index (χ3n) is 2.56. The second kappa shape index (κ2) is 9.02. The summed E-state index contributed by atoms with van der Waals surface area (Å²) in [6.45, 7) is 7.91. The van der Waals surface area contributed by atoms with Gasteiger partial charge in [0.1, 0.15) is 6.10 Å². The van der Waals surface area contributed by atoms with E-state index in [0.717, 1.165) is 5.56 Å². The van der Waals surface area contributed by atoms with Gasteiger partial charge in [-0.1, -0.05) is 43.9 Å². The van der Waals surface area contributed by atoms with E-state index >= 15 is 0 Å². The number of hydrogen-bond donors (Lipinski definition) is 0. The highest BCUT2D eigenvalue weighted by Gasteiger charge is 2.30. The van der Waals surface area contributed by atoms with E-state index in [4.69, 9.17) is 13.6 Å². The lowest BCUT2D eigenvalue weighted by atomic mass is 10.1. The first-order chi connectivity index (χ1) is 10.0. The highest BCUT2D eigenvalue weighted by molar-refractivity contribution is 7.48. The molecular formula is C16H23O4P.